The summed E-state index contributed by atoms with van der Waals surface area (Å²) in [7, 11) is 0. The third-order valence-corrected chi connectivity index (χ3v) is 4.38. The zero-order valence-electron chi connectivity index (χ0n) is 12.3. The number of allylic oxidation sites excluding steroid dienone is 1. The molecule has 3 heteroatoms. The fourth-order valence-electron chi connectivity index (χ4n) is 3.17. The van der Waals surface area contributed by atoms with Crippen LogP contribution in [-0.2, 0) is 4.79 Å². The van der Waals surface area contributed by atoms with Crippen molar-refractivity contribution in [3.8, 4) is 0 Å². The van der Waals surface area contributed by atoms with Crippen LogP contribution in [0.2, 0.25) is 0 Å². The lowest BCUT2D eigenvalue weighted by Gasteiger charge is -2.30. The van der Waals surface area contributed by atoms with Gasteiger partial charge in [-0.25, -0.2) is 0 Å². The Bertz CT molecular complexity index is 319. The minimum Gasteiger partial charge on any atom is -0.342 e. The van der Waals surface area contributed by atoms with Crippen LogP contribution in [0, 0.1) is 5.92 Å². The SMILES string of the molecule is CCN(CC1CCCNC1)C(=O)CC1=CCCCC1. The molecule has 0 saturated carbocycles. The van der Waals surface area contributed by atoms with Crippen molar-refractivity contribution in [2.75, 3.05) is 26.2 Å². The topological polar surface area (TPSA) is 32.3 Å². The first-order valence-electron chi connectivity index (χ1n) is 7.96. The van der Waals surface area contributed by atoms with Gasteiger partial charge in [0.05, 0.1) is 0 Å². The number of nitrogens with zero attached hydrogens (tertiary/aromatic N) is 1. The van der Waals surface area contributed by atoms with Crippen LogP contribution in [0.5, 0.6) is 0 Å². The molecule has 1 N–H and O–H groups in total. The quantitative estimate of drug-likeness (QED) is 0.774. The molecule has 1 fully saturated rings. The van der Waals surface area contributed by atoms with E-state index >= 15 is 0 Å². The van der Waals surface area contributed by atoms with Crippen molar-refractivity contribution in [1.29, 1.82) is 0 Å². The number of hydrogen-bond acceptors (Lipinski definition) is 2. The monoisotopic (exact) mass is 264 g/mol. The first-order valence-corrected chi connectivity index (χ1v) is 7.96. The van der Waals surface area contributed by atoms with Crippen LogP contribution >= 0.6 is 0 Å². The lowest BCUT2D eigenvalue weighted by molar-refractivity contribution is -0.131. The number of amides is 1. The zero-order chi connectivity index (χ0) is 13.5. The largest absolute Gasteiger partial charge is 0.342 e. The molecule has 3 nitrogen and oxygen atoms in total. The minimum atomic E-state index is 0.334. The van der Waals surface area contributed by atoms with E-state index in [2.05, 4.69) is 23.2 Å². The molecule has 2 aliphatic rings. The van der Waals surface area contributed by atoms with Crippen LogP contribution in [0.15, 0.2) is 11.6 Å². The summed E-state index contributed by atoms with van der Waals surface area (Å²) in [5, 5.41) is 3.44. The summed E-state index contributed by atoms with van der Waals surface area (Å²) in [6.07, 6.45) is 10.3. The van der Waals surface area contributed by atoms with Crippen LogP contribution < -0.4 is 5.32 Å². The molecular weight excluding hydrogens is 236 g/mol. The number of hydrogen-bond donors (Lipinski definition) is 1. The Labute approximate surface area is 117 Å². The maximum absolute atomic E-state index is 12.4. The van der Waals surface area contributed by atoms with E-state index in [0.29, 0.717) is 18.2 Å². The van der Waals surface area contributed by atoms with E-state index in [9.17, 15) is 4.79 Å². The molecule has 0 aromatic rings. The molecular formula is C16H28N2O. The standard InChI is InChI=1S/C16H28N2O/c1-2-18(13-15-9-6-10-17-12-15)16(19)11-14-7-4-3-5-8-14/h7,15,17H,2-6,8-13H2,1H3. The van der Waals surface area contributed by atoms with Gasteiger partial charge in [-0.05, 0) is 64.5 Å². The Balaban J connectivity index is 1.81. The Morgan fingerprint density at radius 3 is 2.95 bits per heavy atom. The zero-order valence-corrected chi connectivity index (χ0v) is 12.3. The minimum absolute atomic E-state index is 0.334. The lowest BCUT2D eigenvalue weighted by Crippen LogP contribution is -2.41. The summed E-state index contributed by atoms with van der Waals surface area (Å²) >= 11 is 0. The number of rotatable bonds is 5. The normalized spacial score (nSPS) is 23.8. The number of carbonyl (C=O) groups is 1. The molecule has 0 spiro atoms. The first kappa shape index (κ1) is 14.6. The molecule has 19 heavy (non-hydrogen) atoms. The van der Waals surface area contributed by atoms with Gasteiger partial charge >= 0.3 is 0 Å². The Morgan fingerprint density at radius 1 is 1.42 bits per heavy atom. The van der Waals surface area contributed by atoms with Gasteiger partial charge < -0.3 is 10.2 Å². The van der Waals surface area contributed by atoms with Crippen molar-refractivity contribution in [3.63, 3.8) is 0 Å². The summed E-state index contributed by atoms with van der Waals surface area (Å²) in [6, 6.07) is 0. The van der Waals surface area contributed by atoms with Crippen LogP contribution in [0.1, 0.15) is 51.9 Å². The van der Waals surface area contributed by atoms with E-state index in [1.165, 1.54) is 37.7 Å². The van der Waals surface area contributed by atoms with Gasteiger partial charge in [0.15, 0.2) is 0 Å². The average Bonchev–Trinajstić information content (AvgIpc) is 2.47. The Kier molecular flexibility index (Phi) is 5.90. The first-order chi connectivity index (χ1) is 9.29. The Hall–Kier alpha value is -0.830. The molecule has 1 unspecified atom stereocenters. The second-order valence-electron chi connectivity index (χ2n) is 5.93. The highest BCUT2D eigenvalue weighted by Crippen LogP contribution is 2.21. The molecule has 1 saturated heterocycles. The van der Waals surface area contributed by atoms with Crippen LogP contribution in [0.3, 0.4) is 0 Å². The summed E-state index contributed by atoms with van der Waals surface area (Å²) in [6.45, 7) is 6.11. The molecule has 0 radical (unpaired) electrons. The molecule has 1 amide bonds. The van der Waals surface area contributed by atoms with Crippen LogP contribution in [0.25, 0.3) is 0 Å². The predicted molar refractivity (Wildman–Crippen MR) is 79.0 cm³/mol. The molecule has 0 aromatic heterocycles. The van der Waals surface area contributed by atoms with Crippen molar-refractivity contribution in [2.45, 2.75) is 51.9 Å². The van der Waals surface area contributed by atoms with Crippen molar-refractivity contribution in [3.05, 3.63) is 11.6 Å². The van der Waals surface area contributed by atoms with Crippen molar-refractivity contribution in [2.24, 2.45) is 5.92 Å². The maximum atomic E-state index is 12.4. The van der Waals surface area contributed by atoms with E-state index in [-0.39, 0.29) is 0 Å². The van der Waals surface area contributed by atoms with Gasteiger partial charge in [-0.2, -0.15) is 0 Å². The van der Waals surface area contributed by atoms with Gasteiger partial charge in [-0.3, -0.25) is 4.79 Å². The average molecular weight is 264 g/mol. The van der Waals surface area contributed by atoms with Gasteiger partial charge in [-0.1, -0.05) is 11.6 Å². The number of nitrogens with one attached hydrogen (secondary N) is 1. The van der Waals surface area contributed by atoms with Crippen molar-refractivity contribution >= 4 is 5.91 Å². The van der Waals surface area contributed by atoms with Crippen LogP contribution in [-0.4, -0.2) is 37.0 Å². The van der Waals surface area contributed by atoms with Gasteiger partial charge in [0, 0.05) is 19.5 Å². The van der Waals surface area contributed by atoms with E-state index in [1.54, 1.807) is 0 Å². The number of piperidine rings is 1. The highest BCUT2D eigenvalue weighted by molar-refractivity contribution is 5.78. The predicted octanol–water partition coefficient (Wildman–Crippen LogP) is 2.73. The molecule has 1 heterocycles. The van der Waals surface area contributed by atoms with E-state index in [1.807, 2.05) is 0 Å². The summed E-state index contributed by atoms with van der Waals surface area (Å²) in [5.74, 6) is 0.985. The van der Waals surface area contributed by atoms with Crippen molar-refractivity contribution in [1.82, 2.24) is 10.2 Å². The summed E-state index contributed by atoms with van der Waals surface area (Å²) in [5.41, 5.74) is 1.37. The molecule has 0 bridgehead atoms. The highest BCUT2D eigenvalue weighted by Gasteiger charge is 2.20. The van der Waals surface area contributed by atoms with Crippen molar-refractivity contribution < 1.29 is 4.79 Å². The number of carbonyl (C=O) groups excluding carboxylic acids is 1. The Morgan fingerprint density at radius 2 is 2.32 bits per heavy atom. The molecule has 1 aliphatic heterocycles. The van der Waals surface area contributed by atoms with Gasteiger partial charge in [0.25, 0.3) is 0 Å². The highest BCUT2D eigenvalue weighted by atomic mass is 16.2. The molecule has 2 rings (SSSR count). The van der Waals surface area contributed by atoms with E-state index in [4.69, 9.17) is 0 Å². The van der Waals surface area contributed by atoms with E-state index in [0.717, 1.165) is 32.6 Å². The van der Waals surface area contributed by atoms with Crippen LogP contribution in [0.4, 0.5) is 0 Å². The summed E-state index contributed by atoms with van der Waals surface area (Å²) < 4.78 is 0. The van der Waals surface area contributed by atoms with Gasteiger partial charge in [0.2, 0.25) is 5.91 Å². The molecule has 108 valence electrons. The molecule has 1 aliphatic carbocycles. The lowest BCUT2D eigenvalue weighted by atomic mass is 9.96. The summed E-state index contributed by atoms with van der Waals surface area (Å²) in [4.78, 5) is 14.4. The fourth-order valence-corrected chi connectivity index (χ4v) is 3.17. The smallest absolute Gasteiger partial charge is 0.226 e. The third kappa shape index (κ3) is 4.64. The maximum Gasteiger partial charge on any atom is 0.226 e. The second-order valence-corrected chi connectivity index (χ2v) is 5.93. The van der Waals surface area contributed by atoms with Gasteiger partial charge in [-0.15, -0.1) is 0 Å². The fraction of sp³-hybridized carbons (Fsp3) is 0.812. The molecule has 1 atom stereocenters. The third-order valence-electron chi connectivity index (χ3n) is 4.38. The van der Waals surface area contributed by atoms with E-state index < -0.39 is 0 Å². The second kappa shape index (κ2) is 7.68. The molecule has 0 aromatic carbocycles. The van der Waals surface area contributed by atoms with Gasteiger partial charge in [0.1, 0.15) is 0 Å².